The Balaban J connectivity index is 0.00000141. The number of nitrogens with one attached hydrogen (secondary N) is 1. The number of hydrogen-bond donors (Lipinski definition) is 1. The van der Waals surface area contributed by atoms with Gasteiger partial charge in [-0.3, -0.25) is 10.1 Å². The van der Waals surface area contributed by atoms with Crippen molar-refractivity contribution in [2.24, 2.45) is 0 Å². The first kappa shape index (κ1) is 25.5. The molecule has 2 aromatic carbocycles. The number of nitro benzene ring substituents is 1. The molecule has 0 spiro atoms. The van der Waals surface area contributed by atoms with Crippen molar-refractivity contribution in [2.75, 3.05) is 31.5 Å². The highest BCUT2D eigenvalue weighted by atomic mass is 32.2. The Morgan fingerprint density at radius 3 is 2.33 bits per heavy atom. The van der Waals surface area contributed by atoms with Crippen molar-refractivity contribution in [3.63, 3.8) is 0 Å². The number of hydrogen-bond acceptors (Lipinski definition) is 6. The molecule has 9 heteroatoms. The molecule has 0 atom stereocenters. The summed E-state index contributed by atoms with van der Waals surface area (Å²) in [6.07, 6.45) is 3.66. The van der Waals surface area contributed by atoms with Gasteiger partial charge in [-0.1, -0.05) is 19.1 Å². The summed E-state index contributed by atoms with van der Waals surface area (Å²) in [4.78, 5) is 10.6. The third kappa shape index (κ3) is 7.05. The topological polar surface area (TPSA) is 73.6 Å². The Kier molecular flexibility index (Phi) is 10.4. The van der Waals surface area contributed by atoms with Crippen molar-refractivity contribution in [3.05, 3.63) is 57.6 Å². The van der Waals surface area contributed by atoms with Crippen LogP contribution in [-0.2, 0) is 12.5 Å². The van der Waals surface area contributed by atoms with Gasteiger partial charge in [0.15, 0.2) is 11.5 Å². The van der Waals surface area contributed by atoms with Crippen LogP contribution in [0.1, 0.15) is 31.4 Å². The van der Waals surface area contributed by atoms with E-state index in [2.05, 4.69) is 5.32 Å². The van der Waals surface area contributed by atoms with Crippen LogP contribution < -0.4 is 14.8 Å². The SMILES string of the molecule is CCOc1cc(CNc2ccc(C(F)(F)CC)cc2[N+](=O)[O-])ccc1OC.CSC. The van der Waals surface area contributed by atoms with Crippen molar-refractivity contribution in [1.82, 2.24) is 0 Å². The lowest BCUT2D eigenvalue weighted by molar-refractivity contribution is -0.384. The molecule has 6 nitrogen and oxygen atoms in total. The van der Waals surface area contributed by atoms with E-state index in [1.807, 2.05) is 19.4 Å². The summed E-state index contributed by atoms with van der Waals surface area (Å²) in [7, 11) is 1.53. The lowest BCUT2D eigenvalue weighted by Gasteiger charge is -2.16. The standard InChI is InChI=1S/C19H22F2N2O4.C2H6S/c1-4-19(20,21)14-7-8-15(16(11-14)23(24)25)22-12-13-6-9-17(26-3)18(10-13)27-5-2;1-3-2/h6-11,22H,4-5,12H2,1-3H3;1-2H3. The van der Waals surface area contributed by atoms with Gasteiger partial charge in [-0.25, -0.2) is 8.78 Å². The first-order valence-corrected chi connectivity index (χ1v) is 11.0. The van der Waals surface area contributed by atoms with E-state index < -0.39 is 17.3 Å². The fraction of sp³-hybridized carbons (Fsp3) is 0.429. The molecular weight excluding hydrogens is 414 g/mol. The fourth-order valence-corrected chi connectivity index (χ4v) is 2.56. The van der Waals surface area contributed by atoms with E-state index in [-0.39, 0.29) is 23.5 Å². The van der Waals surface area contributed by atoms with E-state index >= 15 is 0 Å². The highest BCUT2D eigenvalue weighted by Gasteiger charge is 2.31. The van der Waals surface area contributed by atoms with Crippen LogP contribution in [0.3, 0.4) is 0 Å². The van der Waals surface area contributed by atoms with Gasteiger partial charge in [0.25, 0.3) is 11.6 Å². The second-order valence-electron chi connectivity index (χ2n) is 6.23. The highest BCUT2D eigenvalue weighted by Crippen LogP contribution is 2.36. The number of rotatable bonds is 9. The predicted octanol–water partition coefficient (Wildman–Crippen LogP) is 6.10. The van der Waals surface area contributed by atoms with Gasteiger partial charge < -0.3 is 14.8 Å². The number of alkyl halides is 2. The summed E-state index contributed by atoms with van der Waals surface area (Å²) in [5.74, 6) is -1.96. The highest BCUT2D eigenvalue weighted by molar-refractivity contribution is 7.97. The molecule has 0 heterocycles. The monoisotopic (exact) mass is 442 g/mol. The summed E-state index contributed by atoms with van der Waals surface area (Å²) in [6.45, 7) is 3.90. The molecule has 0 aliphatic heterocycles. The molecule has 0 amide bonds. The number of anilines is 1. The van der Waals surface area contributed by atoms with Gasteiger partial charge in [-0.05, 0) is 43.2 Å². The maximum Gasteiger partial charge on any atom is 0.292 e. The van der Waals surface area contributed by atoms with E-state index in [1.165, 1.54) is 26.2 Å². The summed E-state index contributed by atoms with van der Waals surface area (Å²) in [6, 6.07) is 8.73. The zero-order valence-corrected chi connectivity index (χ0v) is 18.6. The van der Waals surface area contributed by atoms with Crippen molar-refractivity contribution in [1.29, 1.82) is 0 Å². The van der Waals surface area contributed by atoms with Crippen LogP contribution in [0.2, 0.25) is 0 Å². The Morgan fingerprint density at radius 2 is 1.80 bits per heavy atom. The predicted molar refractivity (Wildman–Crippen MR) is 118 cm³/mol. The van der Waals surface area contributed by atoms with Gasteiger partial charge in [0.05, 0.1) is 18.6 Å². The van der Waals surface area contributed by atoms with Crippen LogP contribution in [0.25, 0.3) is 0 Å². The number of ether oxygens (including phenoxy) is 2. The van der Waals surface area contributed by atoms with Gasteiger partial charge in [-0.15, -0.1) is 0 Å². The van der Waals surface area contributed by atoms with Gasteiger partial charge in [-0.2, -0.15) is 11.8 Å². The van der Waals surface area contributed by atoms with Crippen LogP contribution in [0.4, 0.5) is 20.2 Å². The number of thioether (sulfide) groups is 1. The zero-order valence-electron chi connectivity index (χ0n) is 17.8. The smallest absolute Gasteiger partial charge is 0.292 e. The fourth-order valence-electron chi connectivity index (χ4n) is 2.56. The van der Waals surface area contributed by atoms with Crippen LogP contribution in [-0.4, -0.2) is 31.2 Å². The van der Waals surface area contributed by atoms with E-state index in [1.54, 1.807) is 30.0 Å². The van der Waals surface area contributed by atoms with E-state index in [4.69, 9.17) is 9.47 Å². The minimum Gasteiger partial charge on any atom is -0.493 e. The summed E-state index contributed by atoms with van der Waals surface area (Å²) < 4.78 is 38.4. The quantitative estimate of drug-likeness (QED) is 0.374. The van der Waals surface area contributed by atoms with Gasteiger partial charge in [0, 0.05) is 24.6 Å². The second kappa shape index (κ2) is 12.2. The Labute approximate surface area is 180 Å². The van der Waals surface area contributed by atoms with Gasteiger partial charge >= 0.3 is 0 Å². The molecule has 0 fully saturated rings. The Hall–Kier alpha value is -2.55. The molecule has 0 aromatic heterocycles. The number of methoxy groups -OCH3 is 1. The third-order valence-electron chi connectivity index (χ3n) is 4.07. The van der Waals surface area contributed by atoms with Crippen LogP contribution in [0.15, 0.2) is 36.4 Å². The molecule has 0 saturated carbocycles. The first-order valence-electron chi connectivity index (χ1n) is 9.34. The van der Waals surface area contributed by atoms with Crippen LogP contribution >= 0.6 is 11.8 Å². The van der Waals surface area contributed by atoms with E-state index in [0.29, 0.717) is 18.1 Å². The van der Waals surface area contributed by atoms with Crippen molar-refractivity contribution < 1.29 is 23.2 Å². The molecule has 0 saturated heterocycles. The number of benzene rings is 2. The number of nitro groups is 1. The Bertz CT molecular complexity index is 835. The normalized spacial score (nSPS) is 10.6. The van der Waals surface area contributed by atoms with Crippen LogP contribution in [0.5, 0.6) is 11.5 Å². The van der Waals surface area contributed by atoms with Gasteiger partial charge in [0.1, 0.15) is 5.69 Å². The molecule has 0 bridgehead atoms. The summed E-state index contributed by atoms with van der Waals surface area (Å²) in [5.41, 5.74) is 0.213. The largest absolute Gasteiger partial charge is 0.493 e. The molecule has 0 radical (unpaired) electrons. The molecule has 0 unspecified atom stereocenters. The molecular formula is C21H28F2N2O4S. The average Bonchev–Trinajstić information content (AvgIpc) is 2.73. The third-order valence-corrected chi connectivity index (χ3v) is 4.07. The van der Waals surface area contributed by atoms with E-state index in [9.17, 15) is 18.9 Å². The van der Waals surface area contributed by atoms with Crippen LogP contribution in [0, 0.1) is 10.1 Å². The second-order valence-corrected chi connectivity index (χ2v) is 7.04. The van der Waals surface area contributed by atoms with Crippen molar-refractivity contribution in [3.8, 4) is 11.5 Å². The Morgan fingerprint density at radius 1 is 1.13 bits per heavy atom. The zero-order chi connectivity index (χ0) is 22.7. The summed E-state index contributed by atoms with van der Waals surface area (Å²) >= 11 is 1.75. The molecule has 0 aliphatic rings. The molecule has 166 valence electrons. The molecule has 1 N–H and O–H groups in total. The van der Waals surface area contributed by atoms with Gasteiger partial charge in [0.2, 0.25) is 0 Å². The first-order chi connectivity index (χ1) is 14.2. The average molecular weight is 443 g/mol. The molecule has 30 heavy (non-hydrogen) atoms. The van der Waals surface area contributed by atoms with E-state index in [0.717, 1.165) is 11.6 Å². The minimum atomic E-state index is -3.11. The van der Waals surface area contributed by atoms with Crippen molar-refractivity contribution in [2.45, 2.75) is 32.7 Å². The lowest BCUT2D eigenvalue weighted by Crippen LogP contribution is -2.12. The summed E-state index contributed by atoms with van der Waals surface area (Å²) in [5, 5.41) is 14.2. The number of nitrogens with zero attached hydrogens (tertiary/aromatic N) is 1. The lowest BCUT2D eigenvalue weighted by atomic mass is 10.0. The number of halogens is 2. The maximum atomic E-state index is 13.8. The van der Waals surface area contributed by atoms with Crippen molar-refractivity contribution >= 4 is 23.1 Å². The maximum absolute atomic E-state index is 13.8. The molecule has 2 rings (SSSR count). The minimum absolute atomic E-state index is 0.171. The molecule has 2 aromatic rings. The molecule has 0 aliphatic carbocycles.